The van der Waals surface area contributed by atoms with Crippen LogP contribution in [0.4, 0.5) is 13.2 Å². The number of amides is 1. The number of halogens is 4. The number of phenols is 1. The molecule has 0 unspecified atom stereocenters. The number of aromatic hydroxyl groups is 1. The van der Waals surface area contributed by atoms with Crippen molar-refractivity contribution in [3.8, 4) is 11.5 Å². The Morgan fingerprint density at radius 3 is 2.41 bits per heavy atom. The molecule has 0 aliphatic carbocycles. The van der Waals surface area contributed by atoms with Crippen LogP contribution < -0.4 is 10.2 Å². The number of fused-ring (bicyclic) bond motifs is 1. The zero-order chi connectivity index (χ0) is 26.4. The molecule has 6 nitrogen and oxygen atoms in total. The summed E-state index contributed by atoms with van der Waals surface area (Å²) >= 11 is 5.85. The van der Waals surface area contributed by atoms with Crippen LogP contribution in [-0.4, -0.2) is 23.6 Å². The van der Waals surface area contributed by atoms with Gasteiger partial charge in [-0.05, 0) is 52.2 Å². The van der Waals surface area contributed by atoms with Gasteiger partial charge in [-0.15, -0.1) is 13.2 Å². The van der Waals surface area contributed by atoms with E-state index in [2.05, 4.69) is 15.3 Å². The van der Waals surface area contributed by atoms with Crippen molar-refractivity contribution in [1.82, 2.24) is 5.43 Å². The lowest BCUT2D eigenvalue weighted by Crippen LogP contribution is -2.17. The average molecular weight is 529 g/mol. The normalized spacial score (nSPS) is 11.7. The second-order valence-electron chi connectivity index (χ2n) is 7.91. The van der Waals surface area contributed by atoms with Gasteiger partial charge in [0, 0.05) is 11.1 Å². The first-order valence-electron chi connectivity index (χ1n) is 10.9. The fourth-order valence-corrected chi connectivity index (χ4v) is 3.74. The number of rotatable bonds is 8. The molecule has 0 atom stereocenters. The Balaban J connectivity index is 1.40. The maximum atomic E-state index is 12.3. The van der Waals surface area contributed by atoms with Gasteiger partial charge >= 0.3 is 6.36 Å². The van der Waals surface area contributed by atoms with E-state index in [9.17, 15) is 23.1 Å². The van der Waals surface area contributed by atoms with Crippen LogP contribution in [0.3, 0.4) is 0 Å². The fraction of sp³-hybridized carbons (Fsp3) is 0.111. The third-order valence-electron chi connectivity index (χ3n) is 5.31. The molecule has 190 valence electrons. The number of alkyl halides is 3. The minimum absolute atomic E-state index is 0.0629. The van der Waals surface area contributed by atoms with Crippen LogP contribution in [0.25, 0.3) is 10.8 Å². The van der Waals surface area contributed by atoms with Crippen molar-refractivity contribution in [2.24, 2.45) is 5.10 Å². The summed E-state index contributed by atoms with van der Waals surface area (Å²) in [6, 6.07) is 21.0. The summed E-state index contributed by atoms with van der Waals surface area (Å²) < 4.78 is 46.6. The third kappa shape index (κ3) is 6.99. The van der Waals surface area contributed by atoms with Crippen LogP contribution in [0, 0.1) is 0 Å². The van der Waals surface area contributed by atoms with E-state index in [0.717, 1.165) is 21.9 Å². The van der Waals surface area contributed by atoms with Crippen LogP contribution >= 0.6 is 11.6 Å². The second-order valence-corrected chi connectivity index (χ2v) is 8.32. The van der Waals surface area contributed by atoms with Crippen LogP contribution in [0.1, 0.15) is 27.0 Å². The number of ether oxygens (including phenoxy) is 2. The number of carbonyl (C=O) groups is 1. The van der Waals surface area contributed by atoms with E-state index in [1.807, 2.05) is 36.4 Å². The number of nitrogens with zero attached hydrogens (tertiary/aromatic N) is 1. The second kappa shape index (κ2) is 11.3. The molecule has 0 bridgehead atoms. The highest BCUT2D eigenvalue weighted by Crippen LogP contribution is 2.25. The molecule has 4 aromatic carbocycles. The van der Waals surface area contributed by atoms with E-state index in [1.54, 1.807) is 0 Å². The molecule has 0 saturated carbocycles. The Morgan fingerprint density at radius 1 is 0.973 bits per heavy atom. The van der Waals surface area contributed by atoms with Crippen LogP contribution in [0.5, 0.6) is 11.5 Å². The number of benzene rings is 4. The van der Waals surface area contributed by atoms with Crippen molar-refractivity contribution in [3.63, 3.8) is 0 Å². The van der Waals surface area contributed by atoms with Gasteiger partial charge in [-0.2, -0.15) is 5.10 Å². The number of hydrogen-bond acceptors (Lipinski definition) is 5. The highest BCUT2D eigenvalue weighted by atomic mass is 35.5. The highest BCUT2D eigenvalue weighted by molar-refractivity contribution is 6.32. The maximum Gasteiger partial charge on any atom is 0.573 e. The van der Waals surface area contributed by atoms with Gasteiger partial charge in [0.1, 0.15) is 11.5 Å². The zero-order valence-electron chi connectivity index (χ0n) is 19.1. The first kappa shape index (κ1) is 26.0. The average Bonchev–Trinajstić information content (AvgIpc) is 2.86. The molecule has 2 N–H and O–H groups in total. The number of carbonyl (C=O) groups excluding carboxylic acids is 1. The first-order chi connectivity index (χ1) is 17.7. The lowest BCUT2D eigenvalue weighted by Gasteiger charge is -2.11. The van der Waals surface area contributed by atoms with Gasteiger partial charge < -0.3 is 14.6 Å². The summed E-state index contributed by atoms with van der Waals surface area (Å²) in [6.45, 7) is 0.480. The van der Waals surface area contributed by atoms with E-state index in [1.165, 1.54) is 48.7 Å². The summed E-state index contributed by atoms with van der Waals surface area (Å²) in [6.07, 6.45) is -3.21. The van der Waals surface area contributed by atoms with E-state index >= 15 is 0 Å². The molecule has 0 saturated heterocycles. The Hall–Kier alpha value is -4.08. The van der Waals surface area contributed by atoms with Gasteiger partial charge in [-0.25, -0.2) is 5.43 Å². The van der Waals surface area contributed by atoms with Crippen molar-refractivity contribution in [2.45, 2.75) is 19.6 Å². The number of hydrogen-bond donors (Lipinski definition) is 2. The van der Waals surface area contributed by atoms with Gasteiger partial charge in [0.05, 0.1) is 24.5 Å². The molecule has 0 aliphatic rings. The molecule has 0 radical (unpaired) electrons. The largest absolute Gasteiger partial charge is 0.573 e. The lowest BCUT2D eigenvalue weighted by atomic mass is 10.0. The molecule has 0 spiro atoms. The summed E-state index contributed by atoms with van der Waals surface area (Å²) in [4.78, 5) is 12.3. The third-order valence-corrected chi connectivity index (χ3v) is 5.61. The molecule has 4 rings (SSSR count). The van der Waals surface area contributed by atoms with E-state index in [-0.39, 0.29) is 35.3 Å². The Kier molecular flexibility index (Phi) is 7.95. The minimum Gasteiger partial charge on any atom is -0.506 e. The summed E-state index contributed by atoms with van der Waals surface area (Å²) in [7, 11) is 0. The van der Waals surface area contributed by atoms with E-state index in [0.29, 0.717) is 5.56 Å². The number of hydrazone groups is 1. The molecule has 0 aromatic heterocycles. The zero-order valence-corrected chi connectivity index (χ0v) is 19.9. The van der Waals surface area contributed by atoms with Gasteiger partial charge in [0.2, 0.25) is 0 Å². The van der Waals surface area contributed by atoms with Crippen molar-refractivity contribution >= 4 is 34.5 Å². The molecule has 0 heterocycles. The van der Waals surface area contributed by atoms with Crippen LogP contribution in [0.2, 0.25) is 5.02 Å². The predicted molar refractivity (Wildman–Crippen MR) is 134 cm³/mol. The number of nitrogens with one attached hydrogen (secondary N) is 1. The number of phenolic OH excluding ortho intramolecular Hbond substituents is 1. The minimum atomic E-state index is -4.73. The summed E-state index contributed by atoms with van der Waals surface area (Å²) in [5.74, 6) is -0.890. The standard InChI is InChI=1S/C27H20ClF3N2O4/c28-24-13-18(9-12-25(24)34)26(35)33-32-14-19-7-8-20(23-4-2-1-3-22(19)23)16-36-15-17-5-10-21(11-6-17)37-27(29,30)31/h1-14,34H,15-16H2,(H,33,35). The van der Waals surface area contributed by atoms with Gasteiger partial charge in [0.15, 0.2) is 0 Å². The summed E-state index contributed by atoms with van der Waals surface area (Å²) in [5, 5.41) is 15.4. The summed E-state index contributed by atoms with van der Waals surface area (Å²) in [5.41, 5.74) is 5.07. The lowest BCUT2D eigenvalue weighted by molar-refractivity contribution is -0.274. The van der Waals surface area contributed by atoms with E-state index in [4.69, 9.17) is 16.3 Å². The van der Waals surface area contributed by atoms with Gasteiger partial charge in [-0.3, -0.25) is 4.79 Å². The Morgan fingerprint density at radius 2 is 1.70 bits per heavy atom. The molecule has 37 heavy (non-hydrogen) atoms. The van der Waals surface area contributed by atoms with Crippen molar-refractivity contribution < 1.29 is 32.5 Å². The SMILES string of the molecule is O=C(NN=Cc1ccc(COCc2ccc(OC(F)(F)F)cc2)c2ccccc12)c1ccc(O)c(Cl)c1. The fourth-order valence-electron chi connectivity index (χ4n) is 3.56. The molecule has 0 aliphatic heterocycles. The van der Waals surface area contributed by atoms with Gasteiger partial charge in [0.25, 0.3) is 5.91 Å². The molecular weight excluding hydrogens is 509 g/mol. The topological polar surface area (TPSA) is 80.2 Å². The van der Waals surface area contributed by atoms with Crippen LogP contribution in [-0.2, 0) is 18.0 Å². The predicted octanol–water partition coefficient (Wildman–Crippen LogP) is 6.58. The van der Waals surface area contributed by atoms with Crippen molar-refractivity contribution in [1.29, 1.82) is 0 Å². The van der Waals surface area contributed by atoms with Crippen molar-refractivity contribution in [2.75, 3.05) is 0 Å². The molecule has 0 fully saturated rings. The van der Waals surface area contributed by atoms with Gasteiger partial charge in [-0.1, -0.05) is 60.1 Å². The maximum absolute atomic E-state index is 12.3. The monoisotopic (exact) mass is 528 g/mol. The van der Waals surface area contributed by atoms with E-state index < -0.39 is 12.3 Å². The first-order valence-corrected chi connectivity index (χ1v) is 11.3. The molecular formula is C27H20ClF3N2O4. The molecule has 10 heteroatoms. The van der Waals surface area contributed by atoms with Crippen LogP contribution in [0.15, 0.2) is 84.0 Å². The highest BCUT2D eigenvalue weighted by Gasteiger charge is 2.30. The Bertz CT molecular complexity index is 1440. The Labute approximate surface area is 214 Å². The van der Waals surface area contributed by atoms with Crippen molar-refractivity contribution in [3.05, 3.63) is 106 Å². The smallest absolute Gasteiger partial charge is 0.506 e. The molecule has 4 aromatic rings. The quantitative estimate of drug-likeness (QED) is 0.200. The molecule has 1 amide bonds.